The molecule has 2 aromatic rings. The van der Waals surface area contributed by atoms with Gasteiger partial charge in [0, 0.05) is 24.1 Å². The third-order valence-electron chi connectivity index (χ3n) is 5.83. The largest absolute Gasteiger partial charge is 0.344 e. The lowest BCUT2D eigenvalue weighted by molar-refractivity contribution is -0.124. The maximum Gasteiger partial charge on any atom is 0.223 e. The first-order valence-electron chi connectivity index (χ1n) is 8.89. The Morgan fingerprint density at radius 1 is 1.08 bits per heavy atom. The Kier molecular flexibility index (Phi) is 3.50. The van der Waals surface area contributed by atoms with Crippen LogP contribution in [-0.2, 0) is 10.2 Å². The second kappa shape index (κ2) is 5.48. The summed E-state index contributed by atoms with van der Waals surface area (Å²) in [5.41, 5.74) is 4.17. The number of nitrogens with one attached hydrogen (secondary N) is 1. The number of hydrogen-bond acceptors (Lipinski definition) is 2. The number of fused-ring (bicyclic) bond motifs is 3. The van der Waals surface area contributed by atoms with Crippen LogP contribution in [0.15, 0.2) is 54.6 Å². The first-order chi connectivity index (χ1) is 12.0. The van der Waals surface area contributed by atoms with Crippen LogP contribution in [0.2, 0.25) is 0 Å². The lowest BCUT2D eigenvalue weighted by Crippen LogP contribution is -2.68. The second-order valence-corrected chi connectivity index (χ2v) is 7.55. The molecule has 1 N–H and O–H groups in total. The summed E-state index contributed by atoms with van der Waals surface area (Å²) in [5, 5.41) is 3.32. The molecule has 0 saturated carbocycles. The number of para-hydroxylation sites is 1. The highest BCUT2D eigenvalue weighted by molar-refractivity contribution is 5.84. The molecule has 2 aromatic carbocycles. The molecule has 0 spiro atoms. The van der Waals surface area contributed by atoms with Gasteiger partial charge in [-0.2, -0.15) is 0 Å². The molecule has 3 nitrogen and oxygen atoms in total. The highest BCUT2D eigenvalue weighted by Gasteiger charge is 2.57. The van der Waals surface area contributed by atoms with Crippen molar-refractivity contribution in [1.29, 1.82) is 0 Å². The van der Waals surface area contributed by atoms with Crippen LogP contribution < -0.4 is 10.2 Å². The van der Waals surface area contributed by atoms with Crippen molar-refractivity contribution in [3.63, 3.8) is 0 Å². The highest BCUT2D eigenvalue weighted by Crippen LogP contribution is 2.52. The fraction of sp³-hybridized carbons (Fsp3) is 0.318. The number of benzene rings is 2. The Morgan fingerprint density at radius 3 is 2.60 bits per heavy atom. The predicted molar refractivity (Wildman–Crippen MR) is 103 cm³/mol. The van der Waals surface area contributed by atoms with Gasteiger partial charge in [-0.15, -0.1) is 0 Å². The fourth-order valence-electron chi connectivity index (χ4n) is 4.30. The molecular formula is C22H24N2O. The minimum absolute atomic E-state index is 0.117. The van der Waals surface area contributed by atoms with Gasteiger partial charge in [-0.3, -0.25) is 4.79 Å². The van der Waals surface area contributed by atoms with Gasteiger partial charge in [0.05, 0.1) is 0 Å². The molecule has 1 saturated heterocycles. The van der Waals surface area contributed by atoms with E-state index < -0.39 is 5.66 Å². The molecule has 4 rings (SSSR count). The third kappa shape index (κ3) is 2.22. The first kappa shape index (κ1) is 15.9. The van der Waals surface area contributed by atoms with Crippen LogP contribution in [0, 0.1) is 6.92 Å². The maximum absolute atomic E-state index is 12.4. The minimum Gasteiger partial charge on any atom is -0.344 e. The summed E-state index contributed by atoms with van der Waals surface area (Å²) in [6.07, 6.45) is 4.87. The lowest BCUT2D eigenvalue weighted by atomic mass is 9.74. The SMILES string of the molecule is Cc1ccccc1/C=C/[C@@]12NC(=O)CCN1c1ccccc1C2(C)C. The average molecular weight is 332 g/mol. The van der Waals surface area contributed by atoms with Gasteiger partial charge in [-0.25, -0.2) is 0 Å². The van der Waals surface area contributed by atoms with Crippen molar-refractivity contribution in [2.24, 2.45) is 0 Å². The maximum atomic E-state index is 12.4. The topological polar surface area (TPSA) is 32.3 Å². The van der Waals surface area contributed by atoms with Crippen LogP contribution in [0.25, 0.3) is 6.08 Å². The van der Waals surface area contributed by atoms with E-state index in [1.807, 2.05) is 0 Å². The molecule has 1 atom stereocenters. The Hall–Kier alpha value is -2.55. The summed E-state index contributed by atoms with van der Waals surface area (Å²) in [6, 6.07) is 16.8. The van der Waals surface area contributed by atoms with Crippen molar-refractivity contribution in [1.82, 2.24) is 5.32 Å². The molecule has 0 aromatic heterocycles. The van der Waals surface area contributed by atoms with Crippen LogP contribution in [0.1, 0.15) is 37.0 Å². The molecule has 0 bridgehead atoms. The number of aryl methyl sites for hydroxylation is 1. The summed E-state index contributed by atoms with van der Waals surface area (Å²) < 4.78 is 0. The van der Waals surface area contributed by atoms with E-state index in [-0.39, 0.29) is 11.3 Å². The zero-order chi connectivity index (χ0) is 17.7. The molecular weight excluding hydrogens is 308 g/mol. The fourth-order valence-corrected chi connectivity index (χ4v) is 4.30. The zero-order valence-corrected chi connectivity index (χ0v) is 15.0. The number of amides is 1. The highest BCUT2D eigenvalue weighted by atomic mass is 16.2. The van der Waals surface area contributed by atoms with Crippen molar-refractivity contribution in [3.8, 4) is 0 Å². The summed E-state index contributed by atoms with van der Waals surface area (Å²) in [4.78, 5) is 14.7. The van der Waals surface area contributed by atoms with Gasteiger partial charge in [0.1, 0.15) is 5.66 Å². The summed E-state index contributed by atoms with van der Waals surface area (Å²) in [5.74, 6) is 0.117. The molecule has 25 heavy (non-hydrogen) atoms. The van der Waals surface area contributed by atoms with Gasteiger partial charge in [-0.05, 0) is 35.8 Å². The minimum atomic E-state index is -0.533. The van der Waals surface area contributed by atoms with E-state index in [4.69, 9.17) is 0 Å². The second-order valence-electron chi connectivity index (χ2n) is 7.55. The molecule has 0 aliphatic carbocycles. The summed E-state index contributed by atoms with van der Waals surface area (Å²) in [6.45, 7) is 7.30. The molecule has 2 aliphatic rings. The Balaban J connectivity index is 1.86. The Morgan fingerprint density at radius 2 is 1.80 bits per heavy atom. The van der Waals surface area contributed by atoms with E-state index in [0.717, 1.165) is 6.54 Å². The van der Waals surface area contributed by atoms with Gasteiger partial charge in [0.2, 0.25) is 5.91 Å². The van der Waals surface area contributed by atoms with Gasteiger partial charge >= 0.3 is 0 Å². The van der Waals surface area contributed by atoms with Gasteiger partial charge in [0.25, 0.3) is 0 Å². The molecule has 1 fully saturated rings. The van der Waals surface area contributed by atoms with E-state index in [1.54, 1.807) is 0 Å². The van der Waals surface area contributed by atoms with Crippen LogP contribution in [-0.4, -0.2) is 18.1 Å². The Bertz CT molecular complexity index is 868. The average Bonchev–Trinajstić information content (AvgIpc) is 2.79. The van der Waals surface area contributed by atoms with E-state index >= 15 is 0 Å². The smallest absolute Gasteiger partial charge is 0.223 e. The van der Waals surface area contributed by atoms with Gasteiger partial charge in [-0.1, -0.05) is 62.4 Å². The standard InChI is InChI=1S/C22H24N2O/c1-16-8-4-5-9-17(16)12-14-22-21(2,3)18-10-6-7-11-19(18)24(22)15-13-20(25)23-22/h4-12,14H,13,15H2,1-3H3,(H,23,25)/b14-12+/t22-/m1/s1. The van der Waals surface area contributed by atoms with Crippen LogP contribution >= 0.6 is 0 Å². The van der Waals surface area contributed by atoms with Crippen molar-refractivity contribution < 1.29 is 4.79 Å². The number of rotatable bonds is 2. The van der Waals surface area contributed by atoms with Crippen molar-refractivity contribution >= 4 is 17.7 Å². The molecule has 0 radical (unpaired) electrons. The molecule has 1 amide bonds. The summed E-state index contributed by atoms with van der Waals surface area (Å²) >= 11 is 0. The first-order valence-corrected chi connectivity index (χ1v) is 8.89. The van der Waals surface area contributed by atoms with Crippen molar-refractivity contribution in [2.75, 3.05) is 11.4 Å². The molecule has 2 aliphatic heterocycles. The molecule has 0 unspecified atom stereocenters. The van der Waals surface area contributed by atoms with Crippen molar-refractivity contribution in [2.45, 2.75) is 38.3 Å². The molecule has 128 valence electrons. The van der Waals surface area contributed by atoms with Gasteiger partial charge in [0.15, 0.2) is 0 Å². The van der Waals surface area contributed by atoms with E-state index in [0.29, 0.717) is 6.42 Å². The number of anilines is 1. The van der Waals surface area contributed by atoms with Crippen molar-refractivity contribution in [3.05, 3.63) is 71.3 Å². The normalized spacial score (nSPS) is 24.1. The monoisotopic (exact) mass is 332 g/mol. The van der Waals surface area contributed by atoms with E-state index in [1.165, 1.54) is 22.4 Å². The summed E-state index contributed by atoms with van der Waals surface area (Å²) in [7, 11) is 0. The van der Waals surface area contributed by atoms with Crippen LogP contribution in [0.3, 0.4) is 0 Å². The number of carbonyl (C=O) groups excluding carboxylic acids is 1. The lowest BCUT2D eigenvalue weighted by Gasteiger charge is -2.49. The number of hydrogen-bond donors (Lipinski definition) is 1. The molecule has 2 heterocycles. The van der Waals surface area contributed by atoms with E-state index in [2.05, 4.69) is 91.7 Å². The third-order valence-corrected chi connectivity index (χ3v) is 5.83. The quantitative estimate of drug-likeness (QED) is 0.901. The molecule has 3 heteroatoms. The van der Waals surface area contributed by atoms with Crippen LogP contribution in [0.5, 0.6) is 0 Å². The predicted octanol–water partition coefficient (Wildman–Crippen LogP) is 4.02. The number of nitrogens with zero attached hydrogens (tertiary/aromatic N) is 1. The van der Waals surface area contributed by atoms with Gasteiger partial charge < -0.3 is 10.2 Å². The van der Waals surface area contributed by atoms with Crippen LogP contribution in [0.4, 0.5) is 5.69 Å². The van der Waals surface area contributed by atoms with E-state index in [9.17, 15) is 4.79 Å². The zero-order valence-electron chi connectivity index (χ0n) is 15.0. The number of carbonyl (C=O) groups is 1. The Labute approximate surface area is 149 Å².